The molecular weight excluding hydrogens is 446 g/mol. The number of aromatic amines is 1. The molecule has 0 spiro atoms. The molecule has 1 saturated heterocycles. The molecule has 3 N–H and O–H groups in total. The Labute approximate surface area is 204 Å². The van der Waals surface area contributed by atoms with Crippen LogP contribution in [0.4, 0.5) is 23.1 Å². The van der Waals surface area contributed by atoms with Crippen LogP contribution in [-0.4, -0.2) is 39.2 Å². The molecule has 5 rings (SSSR count). The first kappa shape index (κ1) is 22.7. The number of nitrogens with zero attached hydrogens (tertiary/aromatic N) is 4. The van der Waals surface area contributed by atoms with Gasteiger partial charge in [-0.15, -0.1) is 0 Å². The summed E-state index contributed by atoms with van der Waals surface area (Å²) in [5.41, 5.74) is 1.98. The van der Waals surface area contributed by atoms with E-state index >= 15 is 0 Å². The molecule has 1 aliphatic carbocycles. The van der Waals surface area contributed by atoms with E-state index < -0.39 is 0 Å². The fourth-order valence-electron chi connectivity index (χ4n) is 4.02. The highest BCUT2D eigenvalue weighted by atomic mass is 32.2. The van der Waals surface area contributed by atoms with Crippen molar-refractivity contribution in [2.75, 3.05) is 28.6 Å². The highest BCUT2D eigenvalue weighted by molar-refractivity contribution is 7.99. The van der Waals surface area contributed by atoms with Gasteiger partial charge in [0.05, 0.1) is 0 Å². The van der Waals surface area contributed by atoms with Crippen LogP contribution in [0.1, 0.15) is 57.6 Å². The summed E-state index contributed by atoms with van der Waals surface area (Å²) in [6.07, 6.45) is 5.26. The number of benzene rings is 1. The van der Waals surface area contributed by atoms with Gasteiger partial charge in [-0.2, -0.15) is 5.10 Å². The summed E-state index contributed by atoms with van der Waals surface area (Å²) >= 11 is 1.51. The van der Waals surface area contributed by atoms with Crippen molar-refractivity contribution in [1.82, 2.24) is 20.2 Å². The smallest absolute Gasteiger partial charge is 0.224 e. The van der Waals surface area contributed by atoms with E-state index in [1.54, 1.807) is 0 Å². The Hall–Kier alpha value is -3.07. The van der Waals surface area contributed by atoms with E-state index in [1.807, 2.05) is 37.3 Å². The maximum Gasteiger partial charge on any atom is 0.224 e. The van der Waals surface area contributed by atoms with Crippen molar-refractivity contribution in [3.8, 4) is 0 Å². The van der Waals surface area contributed by atoms with Crippen molar-refractivity contribution in [2.24, 2.45) is 5.92 Å². The SMILES string of the molecule is CCC(=O)Nc1ccc(Sc2nc(Nc3cc(C4CC4)[nH]n3)cc(N3CCC(C)CC3)n2)cc1. The van der Waals surface area contributed by atoms with Crippen molar-refractivity contribution in [3.05, 3.63) is 42.1 Å². The molecule has 0 radical (unpaired) electrons. The summed E-state index contributed by atoms with van der Waals surface area (Å²) in [6.45, 7) is 6.16. The summed E-state index contributed by atoms with van der Waals surface area (Å²) in [5, 5.41) is 14.5. The predicted molar refractivity (Wildman–Crippen MR) is 136 cm³/mol. The molecule has 0 atom stereocenters. The zero-order valence-corrected chi connectivity index (χ0v) is 20.5. The summed E-state index contributed by atoms with van der Waals surface area (Å²) in [6, 6.07) is 11.9. The van der Waals surface area contributed by atoms with Crippen molar-refractivity contribution >= 4 is 40.8 Å². The minimum atomic E-state index is 0.00575. The third-order valence-corrected chi connectivity index (χ3v) is 7.21. The molecule has 34 heavy (non-hydrogen) atoms. The molecule has 1 saturated carbocycles. The molecule has 2 aromatic heterocycles. The van der Waals surface area contributed by atoms with Crippen molar-refractivity contribution in [3.63, 3.8) is 0 Å². The van der Waals surface area contributed by atoms with Crippen LogP contribution in [0.15, 0.2) is 46.5 Å². The average molecular weight is 478 g/mol. The number of carbonyl (C=O) groups is 1. The van der Waals surface area contributed by atoms with E-state index in [-0.39, 0.29) is 5.91 Å². The van der Waals surface area contributed by atoms with Gasteiger partial charge in [0.25, 0.3) is 0 Å². The second kappa shape index (κ2) is 10.0. The van der Waals surface area contributed by atoms with Gasteiger partial charge in [0.1, 0.15) is 11.6 Å². The normalized spacial score (nSPS) is 16.5. The summed E-state index contributed by atoms with van der Waals surface area (Å²) in [5.74, 6) is 3.84. The lowest BCUT2D eigenvalue weighted by Gasteiger charge is -2.31. The maximum absolute atomic E-state index is 11.6. The topological polar surface area (TPSA) is 98.8 Å². The third-order valence-electron chi connectivity index (χ3n) is 6.34. The molecule has 8 nitrogen and oxygen atoms in total. The van der Waals surface area contributed by atoms with E-state index in [0.717, 1.165) is 47.0 Å². The van der Waals surface area contributed by atoms with Crippen LogP contribution in [0, 0.1) is 5.92 Å². The first-order chi connectivity index (χ1) is 16.6. The lowest BCUT2D eigenvalue weighted by molar-refractivity contribution is -0.115. The number of H-pyrrole nitrogens is 1. The molecule has 3 aromatic rings. The van der Waals surface area contributed by atoms with Gasteiger partial charge in [0.2, 0.25) is 5.91 Å². The van der Waals surface area contributed by atoms with Crippen molar-refractivity contribution in [1.29, 1.82) is 0 Å². The molecule has 1 aromatic carbocycles. The highest BCUT2D eigenvalue weighted by Gasteiger charge is 2.25. The van der Waals surface area contributed by atoms with Gasteiger partial charge in [-0.05, 0) is 67.6 Å². The number of anilines is 4. The molecule has 178 valence electrons. The highest BCUT2D eigenvalue weighted by Crippen LogP contribution is 2.40. The molecule has 3 heterocycles. The average Bonchev–Trinajstić information content (AvgIpc) is 3.59. The van der Waals surface area contributed by atoms with Gasteiger partial charge in [-0.25, -0.2) is 9.97 Å². The van der Waals surface area contributed by atoms with Crippen LogP contribution >= 0.6 is 11.8 Å². The zero-order chi connectivity index (χ0) is 23.5. The van der Waals surface area contributed by atoms with Gasteiger partial charge < -0.3 is 15.5 Å². The Morgan fingerprint density at radius 2 is 1.85 bits per heavy atom. The first-order valence-corrected chi connectivity index (χ1v) is 12.9. The number of rotatable bonds is 8. The van der Waals surface area contributed by atoms with Gasteiger partial charge in [-0.1, -0.05) is 13.8 Å². The number of nitrogens with one attached hydrogen (secondary N) is 3. The van der Waals surface area contributed by atoms with Gasteiger partial charge in [-0.3, -0.25) is 9.89 Å². The maximum atomic E-state index is 11.6. The lowest BCUT2D eigenvalue weighted by atomic mass is 9.99. The molecular formula is C25H31N7OS. The summed E-state index contributed by atoms with van der Waals surface area (Å²) in [4.78, 5) is 24.7. The van der Waals surface area contributed by atoms with Crippen LogP contribution < -0.4 is 15.5 Å². The minimum absolute atomic E-state index is 0.00575. The van der Waals surface area contributed by atoms with Crippen molar-refractivity contribution in [2.45, 2.75) is 61.9 Å². The van der Waals surface area contributed by atoms with E-state index in [2.05, 4.69) is 38.7 Å². The van der Waals surface area contributed by atoms with Gasteiger partial charge in [0, 0.05) is 53.8 Å². The van der Waals surface area contributed by atoms with Gasteiger partial charge >= 0.3 is 0 Å². The Morgan fingerprint density at radius 1 is 1.09 bits per heavy atom. The monoisotopic (exact) mass is 477 g/mol. The number of piperidine rings is 1. The minimum Gasteiger partial charge on any atom is -0.356 e. The molecule has 2 fully saturated rings. The van der Waals surface area contributed by atoms with Crippen LogP contribution in [0.2, 0.25) is 0 Å². The molecule has 1 aliphatic heterocycles. The summed E-state index contributed by atoms with van der Waals surface area (Å²) in [7, 11) is 0. The Bertz CT molecular complexity index is 1130. The van der Waals surface area contributed by atoms with Crippen LogP contribution in [-0.2, 0) is 4.79 Å². The zero-order valence-electron chi connectivity index (χ0n) is 19.7. The second-order valence-electron chi connectivity index (χ2n) is 9.20. The van der Waals surface area contributed by atoms with E-state index in [0.29, 0.717) is 17.5 Å². The third kappa shape index (κ3) is 5.70. The predicted octanol–water partition coefficient (Wildman–Crippen LogP) is 5.56. The lowest BCUT2D eigenvalue weighted by Crippen LogP contribution is -2.33. The number of hydrogen-bond acceptors (Lipinski definition) is 7. The fourth-order valence-corrected chi connectivity index (χ4v) is 4.78. The molecule has 1 amide bonds. The van der Waals surface area contributed by atoms with E-state index in [9.17, 15) is 4.79 Å². The van der Waals surface area contributed by atoms with Crippen LogP contribution in [0.5, 0.6) is 0 Å². The van der Waals surface area contributed by atoms with Crippen LogP contribution in [0.25, 0.3) is 0 Å². The Kier molecular flexibility index (Phi) is 6.71. The van der Waals surface area contributed by atoms with Crippen molar-refractivity contribution < 1.29 is 4.79 Å². The first-order valence-electron chi connectivity index (χ1n) is 12.1. The number of carbonyl (C=O) groups excluding carboxylic acids is 1. The van der Waals surface area contributed by atoms with Crippen LogP contribution in [0.3, 0.4) is 0 Å². The number of amides is 1. The van der Waals surface area contributed by atoms with E-state index in [1.165, 1.54) is 43.1 Å². The fraction of sp³-hybridized carbons (Fsp3) is 0.440. The molecule has 9 heteroatoms. The van der Waals surface area contributed by atoms with E-state index in [4.69, 9.17) is 9.97 Å². The quantitative estimate of drug-likeness (QED) is 0.366. The Balaban J connectivity index is 1.36. The molecule has 2 aliphatic rings. The molecule has 0 unspecified atom stereocenters. The standard InChI is InChI=1S/C25H31N7OS/c1-3-24(33)26-18-6-8-19(9-7-18)34-25-28-21(27-22-14-20(30-31-22)17-4-5-17)15-23(29-25)32-12-10-16(2)11-13-32/h6-9,14-17H,3-5,10-13H2,1-2H3,(H,26,33)(H2,27,28,29,30,31). The largest absolute Gasteiger partial charge is 0.356 e. The summed E-state index contributed by atoms with van der Waals surface area (Å²) < 4.78 is 0. The number of hydrogen-bond donors (Lipinski definition) is 3. The van der Waals surface area contributed by atoms with Gasteiger partial charge in [0.15, 0.2) is 11.0 Å². The second-order valence-corrected chi connectivity index (χ2v) is 10.2. The Morgan fingerprint density at radius 3 is 2.56 bits per heavy atom. The molecule has 0 bridgehead atoms. The number of aromatic nitrogens is 4.